The zero-order valence-electron chi connectivity index (χ0n) is 16.5. The van der Waals surface area contributed by atoms with Crippen molar-refractivity contribution < 1.29 is 19.1 Å². The van der Waals surface area contributed by atoms with E-state index < -0.39 is 11.9 Å². The van der Waals surface area contributed by atoms with Gasteiger partial charge in [0.15, 0.2) is 13.2 Å². The minimum absolute atomic E-state index is 0.277. The maximum absolute atomic E-state index is 12.1. The van der Waals surface area contributed by atoms with Crippen molar-refractivity contribution in [2.45, 2.75) is 13.8 Å². The van der Waals surface area contributed by atoms with Gasteiger partial charge in [-0.2, -0.15) is 0 Å². The van der Waals surface area contributed by atoms with Crippen LogP contribution in [0.25, 0.3) is 11.1 Å². The Morgan fingerprint density at radius 1 is 0.862 bits per heavy atom. The Morgan fingerprint density at radius 3 is 2.38 bits per heavy atom. The molecule has 0 unspecified atom stereocenters. The second kappa shape index (κ2) is 9.55. The predicted molar refractivity (Wildman–Crippen MR) is 113 cm³/mol. The number of aryl methyl sites for hydroxylation is 2. The Balaban J connectivity index is 1.52. The molecule has 0 radical (unpaired) electrons. The van der Waals surface area contributed by atoms with Crippen LogP contribution in [-0.2, 0) is 14.3 Å². The van der Waals surface area contributed by atoms with Crippen molar-refractivity contribution in [3.63, 3.8) is 0 Å². The molecular weight excluding hydrogens is 366 g/mol. The van der Waals surface area contributed by atoms with Gasteiger partial charge in [0, 0.05) is 11.3 Å². The van der Waals surface area contributed by atoms with Gasteiger partial charge in [-0.1, -0.05) is 60.7 Å². The number of ether oxygens (including phenoxy) is 2. The van der Waals surface area contributed by atoms with E-state index in [2.05, 4.69) is 5.32 Å². The summed E-state index contributed by atoms with van der Waals surface area (Å²) in [6.07, 6.45) is 0. The van der Waals surface area contributed by atoms with Gasteiger partial charge in [0.05, 0.1) is 0 Å². The Morgan fingerprint density at radius 2 is 1.59 bits per heavy atom. The smallest absolute Gasteiger partial charge is 0.344 e. The Labute approximate surface area is 170 Å². The Kier molecular flexibility index (Phi) is 6.63. The molecule has 3 rings (SSSR count). The summed E-state index contributed by atoms with van der Waals surface area (Å²) in [6, 6.07) is 23.0. The van der Waals surface area contributed by atoms with Crippen LogP contribution in [0.4, 0.5) is 5.69 Å². The molecule has 0 fully saturated rings. The van der Waals surface area contributed by atoms with Gasteiger partial charge in [-0.3, -0.25) is 4.79 Å². The minimum Gasteiger partial charge on any atom is -0.481 e. The molecule has 0 aliphatic heterocycles. The normalized spacial score (nSPS) is 10.3. The van der Waals surface area contributed by atoms with Crippen molar-refractivity contribution in [1.82, 2.24) is 0 Å². The zero-order chi connectivity index (χ0) is 20.6. The highest BCUT2D eigenvalue weighted by atomic mass is 16.6. The summed E-state index contributed by atoms with van der Waals surface area (Å²) in [7, 11) is 0. The molecule has 29 heavy (non-hydrogen) atoms. The molecule has 5 heteroatoms. The van der Waals surface area contributed by atoms with E-state index >= 15 is 0 Å². The fourth-order valence-electron chi connectivity index (χ4n) is 2.83. The topological polar surface area (TPSA) is 64.6 Å². The largest absolute Gasteiger partial charge is 0.481 e. The number of anilines is 1. The number of amides is 1. The van der Waals surface area contributed by atoms with Crippen molar-refractivity contribution in [3.8, 4) is 16.9 Å². The predicted octanol–water partition coefficient (Wildman–Crippen LogP) is 4.53. The number of benzene rings is 3. The van der Waals surface area contributed by atoms with E-state index in [4.69, 9.17) is 9.47 Å². The zero-order valence-corrected chi connectivity index (χ0v) is 16.5. The first-order chi connectivity index (χ1) is 14.0. The lowest BCUT2D eigenvalue weighted by Crippen LogP contribution is -2.24. The van der Waals surface area contributed by atoms with E-state index in [-0.39, 0.29) is 13.2 Å². The van der Waals surface area contributed by atoms with E-state index in [9.17, 15) is 9.59 Å². The summed E-state index contributed by atoms with van der Waals surface area (Å²) in [4.78, 5) is 24.1. The van der Waals surface area contributed by atoms with Crippen LogP contribution >= 0.6 is 0 Å². The molecule has 148 valence electrons. The number of carbonyl (C=O) groups excluding carboxylic acids is 2. The molecule has 0 aliphatic rings. The summed E-state index contributed by atoms with van der Waals surface area (Å²) in [5.41, 5.74) is 4.56. The van der Waals surface area contributed by atoms with Gasteiger partial charge in [0.1, 0.15) is 5.75 Å². The summed E-state index contributed by atoms with van der Waals surface area (Å²) in [5, 5.41) is 2.75. The molecule has 3 aromatic rings. The third-order valence-electron chi connectivity index (χ3n) is 4.35. The highest BCUT2D eigenvalue weighted by Gasteiger charge is 2.12. The second-order valence-corrected chi connectivity index (χ2v) is 6.68. The average Bonchev–Trinajstić information content (AvgIpc) is 2.74. The number of nitrogens with one attached hydrogen (secondary N) is 1. The SMILES string of the molecule is Cc1ccc(C)c(NC(=O)COC(=O)COc2ccccc2-c2ccccc2)c1. The van der Waals surface area contributed by atoms with E-state index in [1.807, 2.05) is 80.6 Å². The number of carbonyl (C=O) groups is 2. The van der Waals surface area contributed by atoms with Crippen LogP contribution in [-0.4, -0.2) is 25.1 Å². The summed E-state index contributed by atoms with van der Waals surface area (Å²) in [5.74, 6) is -0.420. The average molecular weight is 389 g/mol. The first-order valence-electron chi connectivity index (χ1n) is 9.33. The molecule has 3 aromatic carbocycles. The number of para-hydroxylation sites is 1. The lowest BCUT2D eigenvalue weighted by molar-refractivity contribution is -0.149. The fraction of sp³-hybridized carbons (Fsp3) is 0.167. The van der Waals surface area contributed by atoms with Gasteiger partial charge >= 0.3 is 5.97 Å². The molecule has 0 bridgehead atoms. The third-order valence-corrected chi connectivity index (χ3v) is 4.35. The van der Waals surface area contributed by atoms with E-state index in [0.717, 1.165) is 22.3 Å². The number of esters is 1. The number of rotatable bonds is 7. The monoisotopic (exact) mass is 389 g/mol. The molecule has 5 nitrogen and oxygen atoms in total. The van der Waals surface area contributed by atoms with Crippen molar-refractivity contribution in [3.05, 3.63) is 83.9 Å². The van der Waals surface area contributed by atoms with Crippen LogP contribution in [0.5, 0.6) is 5.75 Å². The fourth-order valence-corrected chi connectivity index (χ4v) is 2.83. The van der Waals surface area contributed by atoms with Crippen molar-refractivity contribution in [2.75, 3.05) is 18.5 Å². The van der Waals surface area contributed by atoms with Gasteiger partial charge in [0.2, 0.25) is 0 Å². The van der Waals surface area contributed by atoms with Crippen LogP contribution in [0, 0.1) is 13.8 Å². The lowest BCUT2D eigenvalue weighted by Gasteiger charge is -2.12. The van der Waals surface area contributed by atoms with Crippen LogP contribution in [0.15, 0.2) is 72.8 Å². The summed E-state index contributed by atoms with van der Waals surface area (Å²) >= 11 is 0. The first-order valence-corrected chi connectivity index (χ1v) is 9.33. The second-order valence-electron chi connectivity index (χ2n) is 6.68. The van der Waals surface area contributed by atoms with Crippen LogP contribution in [0.2, 0.25) is 0 Å². The van der Waals surface area contributed by atoms with Crippen LogP contribution in [0.3, 0.4) is 0 Å². The van der Waals surface area contributed by atoms with Gasteiger partial charge in [0.25, 0.3) is 5.91 Å². The van der Waals surface area contributed by atoms with Crippen LogP contribution in [0.1, 0.15) is 11.1 Å². The number of hydrogen-bond donors (Lipinski definition) is 1. The molecule has 0 spiro atoms. The highest BCUT2D eigenvalue weighted by Crippen LogP contribution is 2.29. The standard InChI is InChI=1S/C24H23NO4/c1-17-12-13-18(2)21(14-17)25-23(26)15-29-24(27)16-28-22-11-7-6-10-20(22)19-8-4-3-5-9-19/h3-14H,15-16H2,1-2H3,(H,25,26). The minimum atomic E-state index is -0.607. The maximum Gasteiger partial charge on any atom is 0.344 e. The highest BCUT2D eigenvalue weighted by molar-refractivity contribution is 5.93. The Bertz CT molecular complexity index is 999. The molecule has 0 atom stereocenters. The Hall–Kier alpha value is -3.60. The molecule has 0 heterocycles. The molecule has 1 amide bonds. The van der Waals surface area contributed by atoms with Gasteiger partial charge < -0.3 is 14.8 Å². The van der Waals surface area contributed by atoms with Crippen molar-refractivity contribution >= 4 is 17.6 Å². The summed E-state index contributed by atoms with van der Waals surface area (Å²) < 4.78 is 10.7. The van der Waals surface area contributed by atoms with E-state index in [1.54, 1.807) is 6.07 Å². The quantitative estimate of drug-likeness (QED) is 0.603. The van der Waals surface area contributed by atoms with Gasteiger partial charge in [-0.15, -0.1) is 0 Å². The molecule has 0 saturated heterocycles. The van der Waals surface area contributed by atoms with Crippen molar-refractivity contribution in [1.29, 1.82) is 0 Å². The molecular formula is C24H23NO4. The van der Waals surface area contributed by atoms with Gasteiger partial charge in [-0.05, 0) is 42.7 Å². The maximum atomic E-state index is 12.1. The molecule has 0 saturated carbocycles. The molecule has 0 aromatic heterocycles. The van der Waals surface area contributed by atoms with Crippen molar-refractivity contribution in [2.24, 2.45) is 0 Å². The summed E-state index contributed by atoms with van der Waals surface area (Å²) in [6.45, 7) is 3.20. The van der Waals surface area contributed by atoms with Crippen LogP contribution < -0.4 is 10.1 Å². The first kappa shape index (κ1) is 20.1. The van der Waals surface area contributed by atoms with Gasteiger partial charge in [-0.25, -0.2) is 4.79 Å². The lowest BCUT2D eigenvalue weighted by atomic mass is 10.1. The molecule has 1 N–H and O–H groups in total. The van der Waals surface area contributed by atoms with E-state index in [0.29, 0.717) is 11.4 Å². The third kappa shape index (κ3) is 5.69. The van der Waals surface area contributed by atoms with E-state index in [1.165, 1.54) is 0 Å². The molecule has 0 aliphatic carbocycles. The number of hydrogen-bond acceptors (Lipinski definition) is 4.